The second-order valence-corrected chi connectivity index (χ2v) is 3.10. The highest BCUT2D eigenvalue weighted by atomic mass is 16.2. The molecule has 2 aliphatic heterocycles. The average Bonchev–Trinajstić information content (AvgIpc) is 2.40. The van der Waals surface area contributed by atoms with Crippen LogP contribution in [0.15, 0.2) is 0 Å². The van der Waals surface area contributed by atoms with Crippen molar-refractivity contribution in [3.8, 4) is 0 Å². The summed E-state index contributed by atoms with van der Waals surface area (Å²) in [5, 5.41) is 5.27. The smallest absolute Gasteiger partial charge is 0.317 e. The second kappa shape index (κ2) is 2.36. The third kappa shape index (κ3) is 0.790. The third-order valence-electron chi connectivity index (χ3n) is 2.47. The van der Waals surface area contributed by atoms with Crippen LogP contribution in [-0.4, -0.2) is 42.5 Å². The topological polar surface area (TPSA) is 61.4 Å². The van der Waals surface area contributed by atoms with E-state index in [-0.39, 0.29) is 24.0 Å². The number of hydrogen-bond acceptors (Lipinski definition) is 2. The Morgan fingerprint density at radius 1 is 1.75 bits per heavy atom. The summed E-state index contributed by atoms with van der Waals surface area (Å²) < 4.78 is 0. The minimum atomic E-state index is -0.204. The van der Waals surface area contributed by atoms with E-state index in [1.54, 1.807) is 11.9 Å². The van der Waals surface area contributed by atoms with Crippen LogP contribution < -0.4 is 10.6 Å². The Balaban J connectivity index is 2.08. The molecule has 2 heterocycles. The molecule has 0 aromatic rings. The number of nitrogens with zero attached hydrogens (tertiary/aromatic N) is 1. The van der Waals surface area contributed by atoms with Gasteiger partial charge in [0.2, 0.25) is 5.91 Å². The van der Waals surface area contributed by atoms with E-state index >= 15 is 0 Å². The van der Waals surface area contributed by atoms with Gasteiger partial charge in [0.1, 0.15) is 6.04 Å². The summed E-state index contributed by atoms with van der Waals surface area (Å²) in [7, 11) is 1.58. The molecule has 0 aliphatic carbocycles. The molecule has 2 atom stereocenters. The number of nitrogens with one attached hydrogen (secondary N) is 2. The minimum Gasteiger partial charge on any atom is -0.349 e. The Kier molecular flexibility index (Phi) is 1.46. The zero-order valence-corrected chi connectivity index (χ0v) is 6.83. The van der Waals surface area contributed by atoms with Gasteiger partial charge in [-0.1, -0.05) is 0 Å². The molecule has 0 saturated carbocycles. The van der Waals surface area contributed by atoms with E-state index in [0.29, 0.717) is 6.54 Å². The van der Waals surface area contributed by atoms with Crippen molar-refractivity contribution in [2.75, 3.05) is 13.6 Å². The highest BCUT2D eigenvalue weighted by molar-refractivity contribution is 5.93. The highest BCUT2D eigenvalue weighted by Gasteiger charge is 2.49. The first-order valence-electron chi connectivity index (χ1n) is 4.03. The van der Waals surface area contributed by atoms with Crippen LogP contribution in [0.25, 0.3) is 0 Å². The zero-order valence-electron chi connectivity index (χ0n) is 6.83. The van der Waals surface area contributed by atoms with E-state index in [1.165, 1.54) is 0 Å². The monoisotopic (exact) mass is 169 g/mol. The maximum Gasteiger partial charge on any atom is 0.317 e. The summed E-state index contributed by atoms with van der Waals surface area (Å²) in [4.78, 5) is 23.8. The number of carbonyl (C=O) groups excluding carboxylic acids is 2. The quantitative estimate of drug-likeness (QED) is 0.452. The average molecular weight is 169 g/mol. The molecular formula is C7H11N3O2. The largest absolute Gasteiger partial charge is 0.349 e. The first-order chi connectivity index (χ1) is 5.74. The molecule has 2 saturated heterocycles. The van der Waals surface area contributed by atoms with E-state index in [0.717, 1.165) is 6.42 Å². The van der Waals surface area contributed by atoms with E-state index in [2.05, 4.69) is 10.6 Å². The van der Waals surface area contributed by atoms with Gasteiger partial charge >= 0.3 is 6.03 Å². The van der Waals surface area contributed by atoms with Crippen molar-refractivity contribution in [3.63, 3.8) is 0 Å². The summed E-state index contributed by atoms with van der Waals surface area (Å²) >= 11 is 0. The number of hydrogen-bond donors (Lipinski definition) is 2. The molecule has 0 aromatic carbocycles. The van der Waals surface area contributed by atoms with Gasteiger partial charge in [-0.3, -0.25) is 4.79 Å². The van der Waals surface area contributed by atoms with Crippen LogP contribution in [0, 0.1) is 0 Å². The summed E-state index contributed by atoms with van der Waals surface area (Å²) in [6, 6.07) is -0.155. The molecule has 0 aromatic heterocycles. The Labute approximate surface area is 70.1 Å². The van der Waals surface area contributed by atoms with Gasteiger partial charge in [0, 0.05) is 13.6 Å². The number of amides is 3. The fourth-order valence-electron chi connectivity index (χ4n) is 1.81. The van der Waals surface area contributed by atoms with Crippen molar-refractivity contribution in [1.82, 2.24) is 15.5 Å². The molecule has 2 fully saturated rings. The molecule has 3 amide bonds. The van der Waals surface area contributed by atoms with Gasteiger partial charge in [0.05, 0.1) is 6.04 Å². The highest BCUT2D eigenvalue weighted by Crippen LogP contribution is 2.24. The fraction of sp³-hybridized carbons (Fsp3) is 0.714. The van der Waals surface area contributed by atoms with E-state index in [9.17, 15) is 9.59 Å². The van der Waals surface area contributed by atoms with Gasteiger partial charge in [0.25, 0.3) is 0 Å². The predicted octanol–water partition coefficient (Wildman–Crippen LogP) is -1.10. The van der Waals surface area contributed by atoms with E-state index in [4.69, 9.17) is 0 Å². The van der Waals surface area contributed by atoms with Crippen LogP contribution >= 0.6 is 0 Å². The maximum absolute atomic E-state index is 11.2. The molecule has 2 N–H and O–H groups in total. The lowest BCUT2D eigenvalue weighted by Gasteiger charge is -2.35. The molecule has 2 rings (SSSR count). The first-order valence-corrected chi connectivity index (χ1v) is 4.03. The van der Waals surface area contributed by atoms with Crippen LogP contribution in [0.4, 0.5) is 4.79 Å². The molecule has 12 heavy (non-hydrogen) atoms. The minimum absolute atomic E-state index is 0.0268. The summed E-state index contributed by atoms with van der Waals surface area (Å²) in [6.45, 7) is 0.674. The zero-order chi connectivity index (χ0) is 8.72. The van der Waals surface area contributed by atoms with Gasteiger partial charge in [-0.25, -0.2) is 4.79 Å². The lowest BCUT2D eigenvalue weighted by molar-refractivity contribution is -0.132. The number of carbonyl (C=O) groups is 2. The molecule has 0 spiro atoms. The third-order valence-corrected chi connectivity index (χ3v) is 2.47. The van der Waals surface area contributed by atoms with Crippen LogP contribution in [0.3, 0.4) is 0 Å². The standard InChI is InChI=1S/C7H11N3O2/c1-8-7(12)10-3-2-4-5(10)6(11)9-4/h4-5H,2-3H2,1H3,(H,8,12)(H,9,11)/t4-,5+/m1/s1. The fourth-order valence-corrected chi connectivity index (χ4v) is 1.81. The van der Waals surface area contributed by atoms with Crippen molar-refractivity contribution < 1.29 is 9.59 Å². The lowest BCUT2D eigenvalue weighted by Crippen LogP contribution is -2.65. The molecule has 0 bridgehead atoms. The van der Waals surface area contributed by atoms with Gasteiger partial charge < -0.3 is 15.5 Å². The Morgan fingerprint density at radius 2 is 2.50 bits per heavy atom. The van der Waals surface area contributed by atoms with Crippen molar-refractivity contribution in [2.45, 2.75) is 18.5 Å². The summed E-state index contributed by atoms with van der Waals surface area (Å²) in [6.07, 6.45) is 0.879. The van der Waals surface area contributed by atoms with E-state index in [1.807, 2.05) is 0 Å². The van der Waals surface area contributed by atoms with Crippen molar-refractivity contribution >= 4 is 11.9 Å². The molecular weight excluding hydrogens is 158 g/mol. The first kappa shape index (κ1) is 7.39. The molecule has 0 unspecified atom stereocenters. The number of rotatable bonds is 0. The molecule has 66 valence electrons. The summed E-state index contributed by atoms with van der Waals surface area (Å²) in [5.74, 6) is -0.0268. The van der Waals surface area contributed by atoms with E-state index < -0.39 is 0 Å². The van der Waals surface area contributed by atoms with Crippen LogP contribution in [-0.2, 0) is 4.79 Å². The molecule has 5 nitrogen and oxygen atoms in total. The van der Waals surface area contributed by atoms with Gasteiger partial charge in [0.15, 0.2) is 0 Å². The van der Waals surface area contributed by atoms with Crippen LogP contribution in [0.5, 0.6) is 0 Å². The number of β-lactam (4-membered cyclic amide) rings is 1. The second-order valence-electron chi connectivity index (χ2n) is 3.10. The number of fused-ring (bicyclic) bond motifs is 1. The lowest BCUT2D eigenvalue weighted by atomic mass is 10.0. The normalized spacial score (nSPS) is 32.1. The van der Waals surface area contributed by atoms with Crippen LogP contribution in [0.2, 0.25) is 0 Å². The maximum atomic E-state index is 11.2. The van der Waals surface area contributed by atoms with Crippen molar-refractivity contribution in [2.24, 2.45) is 0 Å². The van der Waals surface area contributed by atoms with Gasteiger partial charge in [-0.05, 0) is 6.42 Å². The van der Waals surface area contributed by atoms with Crippen LogP contribution in [0.1, 0.15) is 6.42 Å². The van der Waals surface area contributed by atoms with Gasteiger partial charge in [-0.15, -0.1) is 0 Å². The Hall–Kier alpha value is -1.26. The van der Waals surface area contributed by atoms with Gasteiger partial charge in [-0.2, -0.15) is 0 Å². The molecule has 2 aliphatic rings. The number of likely N-dealkylation sites (tertiary alicyclic amines) is 1. The SMILES string of the molecule is CNC(=O)N1CC[C@H]2NC(=O)[C@H]21. The summed E-state index contributed by atoms with van der Waals surface area (Å²) in [5.41, 5.74) is 0. The van der Waals surface area contributed by atoms with Crippen molar-refractivity contribution in [3.05, 3.63) is 0 Å². The number of urea groups is 1. The Bertz CT molecular complexity index is 241. The van der Waals surface area contributed by atoms with Crippen molar-refractivity contribution in [1.29, 1.82) is 0 Å². The predicted molar refractivity (Wildman–Crippen MR) is 41.5 cm³/mol. The molecule has 5 heteroatoms. The molecule has 0 radical (unpaired) electrons. The Morgan fingerprint density at radius 3 is 3.08 bits per heavy atom.